The zero-order valence-corrected chi connectivity index (χ0v) is 10.4. The highest BCUT2D eigenvalue weighted by molar-refractivity contribution is 6.18. The number of aryl methyl sites for hydroxylation is 1. The largest absolute Gasteiger partial charge is 0.352 e. The van der Waals surface area contributed by atoms with Crippen LogP contribution in [0.5, 0.6) is 0 Å². The average Bonchev–Trinajstić information content (AvgIpc) is 2.96. The monoisotopic (exact) mass is 251 g/mol. The van der Waals surface area contributed by atoms with E-state index in [2.05, 4.69) is 20.0 Å². The lowest BCUT2D eigenvalue weighted by atomic mass is 10.2. The second-order valence-electron chi connectivity index (χ2n) is 4.35. The van der Waals surface area contributed by atoms with E-state index in [0.29, 0.717) is 11.9 Å². The van der Waals surface area contributed by atoms with Crippen molar-refractivity contribution in [3.05, 3.63) is 12.5 Å². The van der Waals surface area contributed by atoms with Crippen LogP contribution in [0.3, 0.4) is 0 Å². The van der Waals surface area contributed by atoms with Gasteiger partial charge in [0.05, 0.1) is 11.6 Å². The van der Waals surface area contributed by atoms with E-state index in [0.717, 1.165) is 29.8 Å². The Bertz CT molecular complexity index is 538. The van der Waals surface area contributed by atoms with Crippen LogP contribution >= 0.6 is 11.6 Å². The van der Waals surface area contributed by atoms with Gasteiger partial charge in [0.2, 0.25) is 0 Å². The summed E-state index contributed by atoms with van der Waals surface area (Å²) in [6.45, 7) is 1.01. The van der Waals surface area contributed by atoms with E-state index in [-0.39, 0.29) is 0 Å². The van der Waals surface area contributed by atoms with Gasteiger partial charge in [-0.25, -0.2) is 9.97 Å². The molecule has 1 unspecified atom stereocenters. The van der Waals surface area contributed by atoms with Crippen molar-refractivity contribution in [1.82, 2.24) is 19.7 Å². The molecule has 2 aromatic heterocycles. The van der Waals surface area contributed by atoms with E-state index in [1.165, 1.54) is 6.42 Å². The Kier molecular flexibility index (Phi) is 2.63. The molecule has 1 aliphatic rings. The first-order valence-corrected chi connectivity index (χ1v) is 6.30. The molecule has 17 heavy (non-hydrogen) atoms. The first kappa shape index (κ1) is 10.8. The van der Waals surface area contributed by atoms with Crippen molar-refractivity contribution >= 4 is 28.5 Å². The van der Waals surface area contributed by atoms with Crippen molar-refractivity contribution in [2.24, 2.45) is 7.05 Å². The summed E-state index contributed by atoms with van der Waals surface area (Å²) in [4.78, 5) is 10.9. The lowest BCUT2D eigenvalue weighted by Crippen LogP contribution is -2.31. The Labute approximate surface area is 104 Å². The van der Waals surface area contributed by atoms with Crippen LogP contribution in [0.4, 0.5) is 5.82 Å². The van der Waals surface area contributed by atoms with Crippen LogP contribution < -0.4 is 4.90 Å². The van der Waals surface area contributed by atoms with Crippen LogP contribution in [0.2, 0.25) is 0 Å². The number of alkyl halides is 1. The Morgan fingerprint density at radius 2 is 2.35 bits per heavy atom. The second-order valence-corrected chi connectivity index (χ2v) is 4.66. The molecule has 0 bridgehead atoms. The fourth-order valence-electron chi connectivity index (χ4n) is 2.45. The van der Waals surface area contributed by atoms with E-state index in [1.807, 2.05) is 13.2 Å². The molecule has 2 aromatic rings. The number of fused-ring (bicyclic) bond motifs is 1. The first-order valence-electron chi connectivity index (χ1n) is 5.76. The van der Waals surface area contributed by atoms with Crippen LogP contribution in [-0.4, -0.2) is 38.2 Å². The van der Waals surface area contributed by atoms with Gasteiger partial charge in [-0.15, -0.1) is 11.6 Å². The maximum Gasteiger partial charge on any atom is 0.163 e. The van der Waals surface area contributed by atoms with E-state index < -0.39 is 0 Å². The predicted molar refractivity (Wildman–Crippen MR) is 67.4 cm³/mol. The minimum Gasteiger partial charge on any atom is -0.352 e. The lowest BCUT2D eigenvalue weighted by molar-refractivity contribution is 0.735. The summed E-state index contributed by atoms with van der Waals surface area (Å²) >= 11 is 6.00. The molecule has 6 heteroatoms. The van der Waals surface area contributed by atoms with Crippen LogP contribution in [0, 0.1) is 0 Å². The Balaban J connectivity index is 2.10. The summed E-state index contributed by atoms with van der Waals surface area (Å²) in [5, 5.41) is 5.24. The van der Waals surface area contributed by atoms with Gasteiger partial charge in [-0.1, -0.05) is 0 Å². The van der Waals surface area contributed by atoms with Crippen molar-refractivity contribution in [1.29, 1.82) is 0 Å². The molecular weight excluding hydrogens is 238 g/mol. The Morgan fingerprint density at radius 1 is 1.47 bits per heavy atom. The number of aromatic nitrogens is 4. The number of hydrogen-bond donors (Lipinski definition) is 0. The summed E-state index contributed by atoms with van der Waals surface area (Å²) in [6, 6.07) is 0.384. The molecule has 0 aliphatic carbocycles. The molecule has 0 N–H and O–H groups in total. The van der Waals surface area contributed by atoms with Crippen LogP contribution in [-0.2, 0) is 7.05 Å². The van der Waals surface area contributed by atoms with Gasteiger partial charge >= 0.3 is 0 Å². The van der Waals surface area contributed by atoms with E-state index in [9.17, 15) is 0 Å². The molecule has 3 heterocycles. The normalized spacial score (nSPS) is 20.4. The maximum atomic E-state index is 6.00. The van der Waals surface area contributed by atoms with Gasteiger partial charge in [0.1, 0.15) is 12.1 Å². The summed E-state index contributed by atoms with van der Waals surface area (Å²) in [5.41, 5.74) is 0.871. The lowest BCUT2D eigenvalue weighted by Gasteiger charge is -2.24. The molecule has 90 valence electrons. The molecule has 1 aliphatic heterocycles. The smallest absolute Gasteiger partial charge is 0.163 e. The number of anilines is 1. The summed E-state index contributed by atoms with van der Waals surface area (Å²) in [5.74, 6) is 1.61. The number of hydrogen-bond acceptors (Lipinski definition) is 4. The second kappa shape index (κ2) is 4.14. The van der Waals surface area contributed by atoms with Crippen molar-refractivity contribution in [2.45, 2.75) is 18.9 Å². The molecule has 0 amide bonds. The van der Waals surface area contributed by atoms with Gasteiger partial charge in [-0.3, -0.25) is 4.68 Å². The molecule has 1 fully saturated rings. The van der Waals surface area contributed by atoms with Crippen LogP contribution in [0.25, 0.3) is 11.0 Å². The molecular formula is C11H14ClN5. The Hall–Kier alpha value is -1.36. The van der Waals surface area contributed by atoms with Gasteiger partial charge in [0.15, 0.2) is 5.65 Å². The quantitative estimate of drug-likeness (QED) is 0.761. The van der Waals surface area contributed by atoms with Crippen molar-refractivity contribution in [3.63, 3.8) is 0 Å². The molecule has 1 atom stereocenters. The zero-order chi connectivity index (χ0) is 11.8. The predicted octanol–water partition coefficient (Wildman–Crippen LogP) is 1.57. The summed E-state index contributed by atoms with van der Waals surface area (Å²) in [6.07, 6.45) is 5.73. The first-order chi connectivity index (χ1) is 8.31. The molecule has 0 radical (unpaired) electrons. The van der Waals surface area contributed by atoms with Gasteiger partial charge in [-0.2, -0.15) is 5.10 Å². The van der Waals surface area contributed by atoms with Gasteiger partial charge in [0, 0.05) is 25.5 Å². The standard InChI is InChI=1S/C11H14ClN5/c1-16-10-9(6-15-16)11(14-7-13-10)17-4-2-3-8(17)5-12/h6-8H,2-5H2,1H3. The van der Waals surface area contributed by atoms with Gasteiger partial charge in [-0.05, 0) is 12.8 Å². The van der Waals surface area contributed by atoms with E-state index in [1.54, 1.807) is 11.0 Å². The molecule has 5 nitrogen and oxygen atoms in total. The van der Waals surface area contributed by atoms with Crippen molar-refractivity contribution in [3.8, 4) is 0 Å². The molecule has 0 aromatic carbocycles. The summed E-state index contributed by atoms with van der Waals surface area (Å²) in [7, 11) is 1.89. The maximum absolute atomic E-state index is 6.00. The topological polar surface area (TPSA) is 46.8 Å². The molecule has 3 rings (SSSR count). The fourth-order valence-corrected chi connectivity index (χ4v) is 2.77. The van der Waals surface area contributed by atoms with E-state index in [4.69, 9.17) is 11.6 Å². The number of rotatable bonds is 2. The number of nitrogens with zero attached hydrogens (tertiary/aromatic N) is 5. The third-order valence-electron chi connectivity index (χ3n) is 3.34. The molecule has 1 saturated heterocycles. The minimum absolute atomic E-state index is 0.384. The third kappa shape index (κ3) is 1.65. The van der Waals surface area contributed by atoms with Crippen molar-refractivity contribution < 1.29 is 0 Å². The van der Waals surface area contributed by atoms with Crippen LogP contribution in [0.1, 0.15) is 12.8 Å². The van der Waals surface area contributed by atoms with E-state index >= 15 is 0 Å². The van der Waals surface area contributed by atoms with Gasteiger partial charge in [0.25, 0.3) is 0 Å². The van der Waals surface area contributed by atoms with Crippen LogP contribution in [0.15, 0.2) is 12.5 Å². The SMILES string of the molecule is Cn1ncc2c(N3CCCC3CCl)ncnc21. The van der Waals surface area contributed by atoms with Crippen molar-refractivity contribution in [2.75, 3.05) is 17.3 Å². The highest BCUT2D eigenvalue weighted by atomic mass is 35.5. The zero-order valence-electron chi connectivity index (χ0n) is 9.67. The number of halogens is 1. The summed E-state index contributed by atoms with van der Waals surface area (Å²) < 4.78 is 1.77. The third-order valence-corrected chi connectivity index (χ3v) is 3.69. The minimum atomic E-state index is 0.384. The average molecular weight is 252 g/mol. The highest BCUT2D eigenvalue weighted by Gasteiger charge is 2.26. The fraction of sp³-hybridized carbons (Fsp3) is 0.545. The molecule has 0 spiro atoms. The Morgan fingerprint density at radius 3 is 3.18 bits per heavy atom. The van der Waals surface area contributed by atoms with Gasteiger partial charge < -0.3 is 4.90 Å². The highest BCUT2D eigenvalue weighted by Crippen LogP contribution is 2.29. The molecule has 0 saturated carbocycles.